The lowest BCUT2D eigenvalue weighted by Gasteiger charge is -2.17. The van der Waals surface area contributed by atoms with E-state index in [9.17, 15) is 4.39 Å². The van der Waals surface area contributed by atoms with E-state index >= 15 is 0 Å². The maximum absolute atomic E-state index is 13.6. The van der Waals surface area contributed by atoms with Crippen LogP contribution in [0.25, 0.3) is 11.1 Å². The molecule has 0 radical (unpaired) electrons. The zero-order valence-electron chi connectivity index (χ0n) is 13.0. The van der Waals surface area contributed by atoms with Gasteiger partial charge in [0, 0.05) is 6.04 Å². The molecule has 0 amide bonds. The highest BCUT2D eigenvalue weighted by molar-refractivity contribution is 5.68. The highest BCUT2D eigenvalue weighted by Crippen LogP contribution is 2.30. The Balaban J connectivity index is 2.38. The van der Waals surface area contributed by atoms with Crippen LogP contribution in [-0.4, -0.2) is 13.2 Å². The SMILES string of the molecule is CNC(C)c1ccc(F)cc1-c1ccc(OC(C)C)cc1. The molecule has 2 aromatic rings. The van der Waals surface area contributed by atoms with Gasteiger partial charge in [0.2, 0.25) is 0 Å². The van der Waals surface area contributed by atoms with Crippen molar-refractivity contribution < 1.29 is 9.13 Å². The first-order valence-electron chi connectivity index (χ1n) is 7.25. The highest BCUT2D eigenvalue weighted by Gasteiger charge is 2.12. The summed E-state index contributed by atoms with van der Waals surface area (Å²) in [6.45, 7) is 6.05. The topological polar surface area (TPSA) is 21.3 Å². The average Bonchev–Trinajstić information content (AvgIpc) is 2.46. The first kappa shape index (κ1) is 15.5. The Hall–Kier alpha value is -1.87. The van der Waals surface area contributed by atoms with Crippen molar-refractivity contribution >= 4 is 0 Å². The summed E-state index contributed by atoms with van der Waals surface area (Å²) >= 11 is 0. The molecule has 2 aromatic carbocycles. The second-order valence-electron chi connectivity index (χ2n) is 5.43. The summed E-state index contributed by atoms with van der Waals surface area (Å²) in [5.74, 6) is 0.605. The predicted octanol–water partition coefficient (Wildman–Crippen LogP) is 4.56. The minimum absolute atomic E-state index is 0.143. The molecule has 0 aromatic heterocycles. The summed E-state index contributed by atoms with van der Waals surface area (Å²) < 4.78 is 19.2. The van der Waals surface area contributed by atoms with Crippen LogP contribution in [0, 0.1) is 5.82 Å². The van der Waals surface area contributed by atoms with Crippen LogP contribution in [0.3, 0.4) is 0 Å². The lowest BCUT2D eigenvalue weighted by atomic mass is 9.95. The maximum atomic E-state index is 13.6. The van der Waals surface area contributed by atoms with Gasteiger partial charge in [0.1, 0.15) is 11.6 Å². The number of rotatable bonds is 5. The largest absolute Gasteiger partial charge is 0.491 e. The predicted molar refractivity (Wildman–Crippen MR) is 85.1 cm³/mol. The van der Waals surface area contributed by atoms with Gasteiger partial charge in [-0.25, -0.2) is 4.39 Å². The highest BCUT2D eigenvalue weighted by atomic mass is 19.1. The monoisotopic (exact) mass is 287 g/mol. The number of hydrogen-bond donors (Lipinski definition) is 1. The van der Waals surface area contributed by atoms with Gasteiger partial charge in [-0.15, -0.1) is 0 Å². The van der Waals surface area contributed by atoms with Crippen LogP contribution in [0.1, 0.15) is 32.4 Å². The molecule has 0 aliphatic heterocycles. The molecule has 1 unspecified atom stereocenters. The summed E-state index contributed by atoms with van der Waals surface area (Å²) in [6, 6.07) is 12.9. The molecule has 3 heteroatoms. The van der Waals surface area contributed by atoms with Crippen LogP contribution in [0.2, 0.25) is 0 Å². The van der Waals surface area contributed by atoms with Crippen LogP contribution in [0.15, 0.2) is 42.5 Å². The molecule has 2 rings (SSSR count). The zero-order valence-corrected chi connectivity index (χ0v) is 13.0. The lowest BCUT2D eigenvalue weighted by Crippen LogP contribution is -2.13. The molecular formula is C18H22FNO. The second kappa shape index (κ2) is 6.72. The molecule has 21 heavy (non-hydrogen) atoms. The molecule has 0 saturated heterocycles. The van der Waals surface area contributed by atoms with Crippen molar-refractivity contribution in [3.63, 3.8) is 0 Å². The second-order valence-corrected chi connectivity index (χ2v) is 5.43. The Labute approximate surface area is 126 Å². The molecule has 0 spiro atoms. The van der Waals surface area contributed by atoms with Crippen molar-refractivity contribution in [1.82, 2.24) is 5.32 Å². The van der Waals surface area contributed by atoms with Gasteiger partial charge in [-0.05, 0) is 68.8 Å². The van der Waals surface area contributed by atoms with Crippen LogP contribution in [-0.2, 0) is 0 Å². The Morgan fingerprint density at radius 3 is 2.24 bits per heavy atom. The minimum Gasteiger partial charge on any atom is -0.491 e. The quantitative estimate of drug-likeness (QED) is 0.870. The molecule has 2 nitrogen and oxygen atoms in total. The fourth-order valence-electron chi connectivity index (χ4n) is 2.30. The van der Waals surface area contributed by atoms with E-state index in [0.29, 0.717) is 0 Å². The molecular weight excluding hydrogens is 265 g/mol. The molecule has 0 aliphatic carbocycles. The normalized spacial score (nSPS) is 12.5. The number of hydrogen-bond acceptors (Lipinski definition) is 2. The third-order valence-electron chi connectivity index (χ3n) is 3.45. The standard InChI is InChI=1S/C18H22FNO/c1-12(2)21-16-8-5-14(6-9-16)18-11-15(19)7-10-17(18)13(3)20-4/h5-13,20H,1-4H3. The van der Waals surface area contributed by atoms with Crippen LogP contribution in [0.4, 0.5) is 4.39 Å². The first-order valence-corrected chi connectivity index (χ1v) is 7.25. The summed E-state index contributed by atoms with van der Waals surface area (Å²) in [5.41, 5.74) is 2.98. The van der Waals surface area contributed by atoms with Gasteiger partial charge >= 0.3 is 0 Å². The third kappa shape index (κ3) is 3.82. The van der Waals surface area contributed by atoms with E-state index in [0.717, 1.165) is 22.4 Å². The molecule has 0 aliphatic rings. The van der Waals surface area contributed by atoms with Crippen molar-refractivity contribution in [2.45, 2.75) is 32.9 Å². The van der Waals surface area contributed by atoms with Crippen LogP contribution in [0.5, 0.6) is 5.75 Å². The fraction of sp³-hybridized carbons (Fsp3) is 0.333. The number of nitrogens with one attached hydrogen (secondary N) is 1. The van der Waals surface area contributed by atoms with Crippen LogP contribution < -0.4 is 10.1 Å². The van der Waals surface area contributed by atoms with Gasteiger partial charge in [-0.1, -0.05) is 18.2 Å². The molecule has 1 atom stereocenters. The van der Waals surface area contributed by atoms with Gasteiger partial charge in [-0.3, -0.25) is 0 Å². The van der Waals surface area contributed by atoms with Gasteiger partial charge in [0.05, 0.1) is 6.10 Å². The van der Waals surface area contributed by atoms with Gasteiger partial charge in [0.15, 0.2) is 0 Å². The van der Waals surface area contributed by atoms with E-state index < -0.39 is 0 Å². The van der Waals surface area contributed by atoms with Gasteiger partial charge in [0.25, 0.3) is 0 Å². The number of ether oxygens (including phenoxy) is 1. The number of halogens is 1. The molecule has 0 saturated carbocycles. The first-order chi connectivity index (χ1) is 10.0. The Bertz CT molecular complexity index is 593. The number of benzene rings is 2. The fourth-order valence-corrected chi connectivity index (χ4v) is 2.30. The zero-order chi connectivity index (χ0) is 15.4. The van der Waals surface area contributed by atoms with Crippen molar-refractivity contribution in [2.24, 2.45) is 0 Å². The summed E-state index contributed by atoms with van der Waals surface area (Å²) in [5, 5.41) is 3.20. The van der Waals surface area contributed by atoms with E-state index in [1.807, 2.05) is 51.2 Å². The average molecular weight is 287 g/mol. The van der Waals surface area contributed by atoms with Crippen molar-refractivity contribution in [3.8, 4) is 16.9 Å². The Morgan fingerprint density at radius 2 is 1.67 bits per heavy atom. The van der Waals surface area contributed by atoms with Crippen molar-refractivity contribution in [1.29, 1.82) is 0 Å². The molecule has 112 valence electrons. The summed E-state index contributed by atoms with van der Waals surface area (Å²) in [6.07, 6.45) is 0.143. The van der Waals surface area contributed by atoms with E-state index in [1.165, 1.54) is 6.07 Å². The molecule has 1 N–H and O–H groups in total. The van der Waals surface area contributed by atoms with Gasteiger partial charge in [-0.2, -0.15) is 0 Å². The van der Waals surface area contributed by atoms with Crippen molar-refractivity contribution in [2.75, 3.05) is 7.05 Å². The minimum atomic E-state index is -0.223. The smallest absolute Gasteiger partial charge is 0.123 e. The van der Waals surface area contributed by atoms with E-state index in [4.69, 9.17) is 4.74 Å². The van der Waals surface area contributed by atoms with E-state index in [1.54, 1.807) is 6.07 Å². The Morgan fingerprint density at radius 1 is 1.00 bits per heavy atom. The van der Waals surface area contributed by atoms with Crippen molar-refractivity contribution in [3.05, 3.63) is 53.8 Å². The lowest BCUT2D eigenvalue weighted by molar-refractivity contribution is 0.242. The van der Waals surface area contributed by atoms with Crippen LogP contribution >= 0.6 is 0 Å². The van der Waals surface area contributed by atoms with Gasteiger partial charge < -0.3 is 10.1 Å². The maximum Gasteiger partial charge on any atom is 0.123 e. The molecule has 0 fully saturated rings. The summed E-state index contributed by atoms with van der Waals surface area (Å²) in [7, 11) is 1.90. The summed E-state index contributed by atoms with van der Waals surface area (Å²) in [4.78, 5) is 0. The molecule has 0 heterocycles. The Kier molecular flexibility index (Phi) is 4.97. The van der Waals surface area contributed by atoms with E-state index in [2.05, 4.69) is 12.2 Å². The van der Waals surface area contributed by atoms with E-state index in [-0.39, 0.29) is 18.0 Å². The molecule has 0 bridgehead atoms. The third-order valence-corrected chi connectivity index (χ3v) is 3.45.